The van der Waals surface area contributed by atoms with Crippen molar-refractivity contribution in [2.24, 2.45) is 0 Å². The first-order chi connectivity index (χ1) is 4.66. The Kier molecular flexibility index (Phi) is 4.88. The van der Waals surface area contributed by atoms with Gasteiger partial charge in [0.25, 0.3) is 0 Å². The maximum atomic E-state index is 10.4. The van der Waals surface area contributed by atoms with Crippen molar-refractivity contribution in [2.45, 2.75) is 19.4 Å². The molecule has 4 heteroatoms. The van der Waals surface area contributed by atoms with Crippen molar-refractivity contribution in [2.75, 3.05) is 13.2 Å². The number of rotatable bonds is 4. The average Bonchev–Trinajstić information content (AvgIpc) is 1.87. The van der Waals surface area contributed by atoms with Crippen LogP contribution in [0.25, 0.3) is 0 Å². The molecule has 4 nitrogen and oxygen atoms in total. The van der Waals surface area contributed by atoms with Gasteiger partial charge in [-0.25, -0.2) is 0 Å². The topological polar surface area (TPSA) is 69.6 Å². The van der Waals surface area contributed by atoms with Gasteiger partial charge in [0.15, 0.2) is 0 Å². The van der Waals surface area contributed by atoms with Crippen LogP contribution in [0.5, 0.6) is 0 Å². The molecule has 0 aliphatic rings. The van der Waals surface area contributed by atoms with E-state index in [9.17, 15) is 4.79 Å². The van der Waals surface area contributed by atoms with E-state index in [0.717, 1.165) is 0 Å². The lowest BCUT2D eigenvalue weighted by atomic mass is 10.3. The van der Waals surface area contributed by atoms with Crippen LogP contribution in [-0.4, -0.2) is 35.4 Å². The third kappa shape index (κ3) is 5.53. The molecule has 0 spiro atoms. The van der Waals surface area contributed by atoms with E-state index in [1.807, 2.05) is 0 Å². The largest absolute Gasteiger partial charge is 0.393 e. The van der Waals surface area contributed by atoms with Crippen LogP contribution in [-0.2, 0) is 4.79 Å². The molecule has 0 radical (unpaired) electrons. The fraction of sp³-hybridized carbons (Fsp3) is 0.833. The summed E-state index contributed by atoms with van der Waals surface area (Å²) < 4.78 is 0. The zero-order valence-electron chi connectivity index (χ0n) is 6.00. The van der Waals surface area contributed by atoms with Crippen molar-refractivity contribution >= 4 is 5.91 Å². The minimum Gasteiger partial charge on any atom is -0.393 e. The first-order valence-electron chi connectivity index (χ1n) is 3.22. The van der Waals surface area contributed by atoms with Crippen LogP contribution in [0, 0.1) is 0 Å². The van der Waals surface area contributed by atoms with Crippen LogP contribution >= 0.6 is 0 Å². The van der Waals surface area contributed by atoms with E-state index >= 15 is 0 Å². The fourth-order valence-corrected chi connectivity index (χ4v) is 0.476. The second kappa shape index (κ2) is 5.20. The molecule has 60 valence electrons. The molecule has 3 N–H and O–H groups in total. The first kappa shape index (κ1) is 9.39. The third-order valence-electron chi connectivity index (χ3n) is 1.03. The third-order valence-corrected chi connectivity index (χ3v) is 1.03. The van der Waals surface area contributed by atoms with E-state index < -0.39 is 18.6 Å². The van der Waals surface area contributed by atoms with Crippen LogP contribution < -0.4 is 5.32 Å². The number of aliphatic hydroxyl groups excluding tert-OH is 2. The molecule has 0 aromatic carbocycles. The number of nitrogens with one attached hydrogen (secondary N) is 1. The Morgan fingerprint density at radius 2 is 2.30 bits per heavy atom. The summed E-state index contributed by atoms with van der Waals surface area (Å²) in [6.45, 7) is 1.57. The molecular formula is C6H13NO3. The van der Waals surface area contributed by atoms with Crippen molar-refractivity contribution in [1.29, 1.82) is 0 Å². The van der Waals surface area contributed by atoms with Gasteiger partial charge in [0.2, 0.25) is 5.91 Å². The van der Waals surface area contributed by atoms with Gasteiger partial charge in [-0.2, -0.15) is 0 Å². The van der Waals surface area contributed by atoms with Gasteiger partial charge >= 0.3 is 0 Å². The molecular weight excluding hydrogens is 134 g/mol. The summed E-state index contributed by atoms with van der Waals surface area (Å²) >= 11 is 0. The molecule has 10 heavy (non-hydrogen) atoms. The van der Waals surface area contributed by atoms with Crippen molar-refractivity contribution in [3.8, 4) is 0 Å². The van der Waals surface area contributed by atoms with Gasteiger partial charge in [0, 0.05) is 6.54 Å². The smallest absolute Gasteiger partial charge is 0.245 e. The molecule has 0 saturated heterocycles. The molecule has 0 heterocycles. The van der Waals surface area contributed by atoms with E-state index in [0.29, 0.717) is 13.0 Å². The minimum absolute atomic E-state index is 0.402. The zero-order chi connectivity index (χ0) is 7.98. The Labute approximate surface area is 59.9 Å². The molecule has 0 aromatic heterocycles. The lowest BCUT2D eigenvalue weighted by molar-refractivity contribution is -0.123. The molecule has 0 aromatic rings. The van der Waals surface area contributed by atoms with Crippen LogP contribution in [0.2, 0.25) is 0 Å². The summed E-state index contributed by atoms with van der Waals surface area (Å²) in [6, 6.07) is 0. The Hall–Kier alpha value is -0.610. The maximum Gasteiger partial charge on any atom is 0.245 e. The Bertz CT molecular complexity index is 103. The number of amides is 1. The van der Waals surface area contributed by atoms with Gasteiger partial charge in [-0.3, -0.25) is 4.79 Å². The van der Waals surface area contributed by atoms with Gasteiger partial charge in [-0.15, -0.1) is 0 Å². The molecule has 0 saturated carbocycles. The van der Waals surface area contributed by atoms with Crippen molar-refractivity contribution in [3.05, 3.63) is 0 Å². The molecule has 1 amide bonds. The molecule has 0 aliphatic carbocycles. The summed E-state index contributed by atoms with van der Waals surface area (Å²) in [6.07, 6.45) is 0.116. The average molecular weight is 147 g/mol. The highest BCUT2D eigenvalue weighted by molar-refractivity contribution is 5.76. The molecule has 0 fully saturated rings. The standard InChI is InChI=1S/C6H13NO3/c1-5(9)2-3-7-6(10)4-8/h5,8-9H,2-4H2,1H3,(H,7,10). The SMILES string of the molecule is CC(O)CCNC(=O)CO. The van der Waals surface area contributed by atoms with Gasteiger partial charge in [-0.05, 0) is 13.3 Å². The van der Waals surface area contributed by atoms with E-state index in [1.54, 1.807) is 6.92 Å². The Balaban J connectivity index is 3.12. The van der Waals surface area contributed by atoms with E-state index in [4.69, 9.17) is 10.2 Å². The highest BCUT2D eigenvalue weighted by Crippen LogP contribution is 1.84. The lowest BCUT2D eigenvalue weighted by Crippen LogP contribution is -2.28. The predicted molar refractivity (Wildman–Crippen MR) is 36.4 cm³/mol. The summed E-state index contributed by atoms with van der Waals surface area (Å²) in [5.41, 5.74) is 0. The van der Waals surface area contributed by atoms with Gasteiger partial charge in [0.1, 0.15) is 6.61 Å². The van der Waals surface area contributed by atoms with Crippen molar-refractivity contribution < 1.29 is 15.0 Å². The summed E-state index contributed by atoms with van der Waals surface area (Å²) in [5, 5.41) is 19.4. The first-order valence-corrected chi connectivity index (χ1v) is 3.22. The van der Waals surface area contributed by atoms with Crippen molar-refractivity contribution in [3.63, 3.8) is 0 Å². The van der Waals surface area contributed by atoms with Crippen LogP contribution in [0.1, 0.15) is 13.3 Å². The number of hydrogen-bond donors (Lipinski definition) is 3. The highest BCUT2D eigenvalue weighted by atomic mass is 16.3. The Morgan fingerprint density at radius 3 is 2.70 bits per heavy atom. The van der Waals surface area contributed by atoms with Crippen LogP contribution in [0.4, 0.5) is 0 Å². The van der Waals surface area contributed by atoms with E-state index in [2.05, 4.69) is 5.32 Å². The minimum atomic E-state index is -0.486. The monoisotopic (exact) mass is 147 g/mol. The zero-order valence-corrected chi connectivity index (χ0v) is 6.00. The van der Waals surface area contributed by atoms with E-state index in [-0.39, 0.29) is 0 Å². The van der Waals surface area contributed by atoms with Crippen LogP contribution in [0.3, 0.4) is 0 Å². The van der Waals surface area contributed by atoms with Gasteiger partial charge in [-0.1, -0.05) is 0 Å². The molecule has 0 aliphatic heterocycles. The quantitative estimate of drug-likeness (QED) is 0.471. The highest BCUT2D eigenvalue weighted by Gasteiger charge is 1.98. The summed E-state index contributed by atoms with van der Waals surface area (Å²) in [7, 11) is 0. The lowest BCUT2D eigenvalue weighted by Gasteiger charge is -2.03. The predicted octanol–water partition coefficient (Wildman–Crippen LogP) is -1.13. The molecule has 0 rings (SSSR count). The summed E-state index contributed by atoms with van der Waals surface area (Å²) in [4.78, 5) is 10.4. The van der Waals surface area contributed by atoms with Crippen LogP contribution in [0.15, 0.2) is 0 Å². The fourth-order valence-electron chi connectivity index (χ4n) is 0.476. The maximum absolute atomic E-state index is 10.4. The van der Waals surface area contributed by atoms with E-state index in [1.165, 1.54) is 0 Å². The normalized spacial score (nSPS) is 12.7. The van der Waals surface area contributed by atoms with Gasteiger partial charge < -0.3 is 15.5 Å². The Morgan fingerprint density at radius 1 is 1.70 bits per heavy atom. The van der Waals surface area contributed by atoms with Crippen molar-refractivity contribution in [1.82, 2.24) is 5.32 Å². The number of carbonyl (C=O) groups is 1. The molecule has 1 unspecified atom stereocenters. The van der Waals surface area contributed by atoms with Gasteiger partial charge in [0.05, 0.1) is 6.10 Å². The second-order valence-electron chi connectivity index (χ2n) is 2.15. The molecule has 0 bridgehead atoms. The summed E-state index contributed by atoms with van der Waals surface area (Å²) in [5.74, 6) is -0.402. The molecule has 1 atom stereocenters. The number of hydrogen-bond acceptors (Lipinski definition) is 3. The number of aliphatic hydroxyl groups is 2. The number of carbonyl (C=O) groups excluding carboxylic acids is 1. The second-order valence-corrected chi connectivity index (χ2v) is 2.15.